The van der Waals surface area contributed by atoms with Crippen molar-refractivity contribution in [2.75, 3.05) is 0 Å². The molecule has 1 unspecified atom stereocenters. The van der Waals surface area contributed by atoms with Crippen LogP contribution in [0.15, 0.2) is 12.7 Å². The number of esters is 1. The molecule has 0 bridgehead atoms. The number of ether oxygens (including phenoxy) is 1. The molecule has 0 aromatic heterocycles. The molecule has 0 N–H and O–H groups in total. The number of halogens is 2. The van der Waals surface area contributed by atoms with Gasteiger partial charge in [0.1, 0.15) is 0 Å². The molecule has 2 nitrogen and oxygen atoms in total. The Hall–Kier alpha value is 0.387. The van der Waals surface area contributed by atoms with Gasteiger partial charge < -0.3 is 4.74 Å². The summed E-state index contributed by atoms with van der Waals surface area (Å²) in [5.41, 5.74) is 0. The predicted octanol–water partition coefficient (Wildman–Crippen LogP) is 7.76. The largest absolute Gasteiger partial charge is 0.460 e. The second kappa shape index (κ2) is 20.1. The first kappa shape index (κ1) is 26.4. The van der Waals surface area contributed by atoms with Crippen LogP contribution in [0.5, 0.6) is 0 Å². The molecule has 0 spiro atoms. The average Bonchev–Trinajstić information content (AvgIpc) is 2.60. The zero-order valence-electron chi connectivity index (χ0n) is 16.6. The summed E-state index contributed by atoms with van der Waals surface area (Å²) in [7, 11) is 1.01. The van der Waals surface area contributed by atoms with Crippen LogP contribution in [-0.2, 0) is 9.53 Å². The Morgan fingerprint density at radius 2 is 1.31 bits per heavy atom. The Morgan fingerprint density at radius 1 is 0.885 bits per heavy atom. The maximum absolute atomic E-state index is 11.1. The van der Waals surface area contributed by atoms with Gasteiger partial charge in [0.15, 0.2) is 0 Å². The molecule has 0 rings (SSSR count). The molecule has 0 amide bonds. The van der Waals surface area contributed by atoms with Gasteiger partial charge in [-0.15, -0.1) is 0 Å². The highest BCUT2D eigenvalue weighted by Gasteiger charge is 2.05. The Balaban J connectivity index is 3.13. The molecule has 0 fully saturated rings. The molecule has 152 valence electrons. The number of unbranched alkanes of at least 4 members (excludes halogenated alkanes) is 12. The molecule has 0 aromatic carbocycles. The number of carbonyl (C=O) groups is 1. The van der Waals surface area contributed by atoms with Gasteiger partial charge in [-0.25, -0.2) is 4.79 Å². The van der Waals surface area contributed by atoms with Crippen LogP contribution < -0.4 is 0 Å². The third kappa shape index (κ3) is 20.7. The molecule has 0 aliphatic carbocycles. The van der Waals surface area contributed by atoms with Crippen molar-refractivity contribution in [3.05, 3.63) is 12.7 Å². The zero-order valence-corrected chi connectivity index (χ0v) is 20.8. The number of alkyl halides is 2. The van der Waals surface area contributed by atoms with E-state index in [1.54, 1.807) is 0 Å². The maximum atomic E-state index is 11.1. The second-order valence-electron chi connectivity index (χ2n) is 7.09. The Labute approximate surface area is 181 Å². The van der Waals surface area contributed by atoms with Crippen molar-refractivity contribution in [3.63, 3.8) is 0 Å². The monoisotopic (exact) mass is 508 g/mol. The lowest BCUT2D eigenvalue weighted by Crippen LogP contribution is -2.12. The molecule has 1 atom stereocenters. The molecule has 0 saturated heterocycles. The van der Waals surface area contributed by atoms with Crippen LogP contribution in [0.25, 0.3) is 0 Å². The SMILES string of the molecule is C=CC(=O)OC(C)CCCCCCCCCCCCCCC[Si]C(Br)Br. The van der Waals surface area contributed by atoms with E-state index < -0.39 is 0 Å². The van der Waals surface area contributed by atoms with E-state index in [1.807, 2.05) is 6.92 Å². The first-order chi connectivity index (χ1) is 12.6. The molecule has 0 aliphatic heterocycles. The lowest BCUT2D eigenvalue weighted by molar-refractivity contribution is -0.142. The molecular formula is C21H38Br2O2Si. The van der Waals surface area contributed by atoms with E-state index in [0.717, 1.165) is 22.4 Å². The second-order valence-corrected chi connectivity index (χ2v) is 13.3. The van der Waals surface area contributed by atoms with Crippen molar-refractivity contribution in [1.82, 2.24) is 0 Å². The van der Waals surface area contributed by atoms with Crippen molar-refractivity contribution in [2.45, 2.75) is 112 Å². The van der Waals surface area contributed by atoms with Gasteiger partial charge in [-0.05, 0) is 19.8 Å². The first-order valence-corrected chi connectivity index (χ1v) is 13.5. The van der Waals surface area contributed by atoms with Crippen LogP contribution in [-0.4, -0.2) is 25.0 Å². The van der Waals surface area contributed by atoms with Crippen LogP contribution in [0.4, 0.5) is 0 Å². The van der Waals surface area contributed by atoms with E-state index in [0.29, 0.717) is 3.36 Å². The molecule has 26 heavy (non-hydrogen) atoms. The van der Waals surface area contributed by atoms with Crippen molar-refractivity contribution in [3.8, 4) is 0 Å². The smallest absolute Gasteiger partial charge is 0.330 e. The Morgan fingerprint density at radius 3 is 1.73 bits per heavy atom. The minimum Gasteiger partial charge on any atom is -0.460 e. The fourth-order valence-corrected chi connectivity index (χ4v) is 5.06. The summed E-state index contributed by atoms with van der Waals surface area (Å²) >= 11 is 7.08. The molecule has 0 saturated carbocycles. The lowest BCUT2D eigenvalue weighted by atomic mass is 10.0. The predicted molar refractivity (Wildman–Crippen MR) is 123 cm³/mol. The lowest BCUT2D eigenvalue weighted by Gasteiger charge is -2.11. The molecule has 0 aromatic rings. The Kier molecular flexibility index (Phi) is 20.4. The third-order valence-corrected chi connectivity index (χ3v) is 7.46. The van der Waals surface area contributed by atoms with Crippen LogP contribution in [0.3, 0.4) is 0 Å². The van der Waals surface area contributed by atoms with E-state index in [4.69, 9.17) is 4.74 Å². The Bertz CT molecular complexity index is 338. The summed E-state index contributed by atoms with van der Waals surface area (Å²) in [6.07, 6.45) is 19.9. The van der Waals surface area contributed by atoms with E-state index in [-0.39, 0.29) is 12.1 Å². The molecule has 0 aliphatic rings. The van der Waals surface area contributed by atoms with Crippen molar-refractivity contribution >= 4 is 47.3 Å². The summed E-state index contributed by atoms with van der Waals surface area (Å²) in [6, 6.07) is 1.36. The van der Waals surface area contributed by atoms with E-state index in [9.17, 15) is 4.79 Å². The highest BCUT2D eigenvalue weighted by molar-refractivity contribution is 9.25. The van der Waals surface area contributed by atoms with E-state index in [1.165, 1.54) is 89.2 Å². The summed E-state index contributed by atoms with van der Waals surface area (Å²) in [4.78, 5) is 11.1. The van der Waals surface area contributed by atoms with Gasteiger partial charge in [-0.3, -0.25) is 0 Å². The maximum Gasteiger partial charge on any atom is 0.330 e. The van der Waals surface area contributed by atoms with Crippen molar-refractivity contribution in [2.24, 2.45) is 0 Å². The van der Waals surface area contributed by atoms with Gasteiger partial charge in [-0.1, -0.05) is 122 Å². The van der Waals surface area contributed by atoms with Gasteiger partial charge in [0.2, 0.25) is 0 Å². The summed E-state index contributed by atoms with van der Waals surface area (Å²) in [5.74, 6) is -0.305. The number of rotatable bonds is 19. The van der Waals surface area contributed by atoms with Gasteiger partial charge in [-0.2, -0.15) is 0 Å². The fourth-order valence-electron chi connectivity index (χ4n) is 3.02. The minimum absolute atomic E-state index is 0.0200. The van der Waals surface area contributed by atoms with Crippen LogP contribution in [0.1, 0.15) is 96.8 Å². The summed E-state index contributed by atoms with van der Waals surface area (Å²) in [5, 5.41) is 0. The van der Waals surface area contributed by atoms with Gasteiger partial charge >= 0.3 is 5.97 Å². The molecule has 2 radical (unpaired) electrons. The van der Waals surface area contributed by atoms with Crippen molar-refractivity contribution < 1.29 is 9.53 Å². The first-order valence-electron chi connectivity index (χ1n) is 10.4. The van der Waals surface area contributed by atoms with E-state index >= 15 is 0 Å². The van der Waals surface area contributed by atoms with Crippen molar-refractivity contribution in [1.29, 1.82) is 0 Å². The summed E-state index contributed by atoms with van der Waals surface area (Å²) in [6.45, 7) is 5.38. The van der Waals surface area contributed by atoms with Gasteiger partial charge in [0.05, 0.1) is 19.0 Å². The van der Waals surface area contributed by atoms with Gasteiger partial charge in [0, 0.05) is 6.08 Å². The van der Waals surface area contributed by atoms with Crippen LogP contribution >= 0.6 is 31.9 Å². The number of hydrogen-bond donors (Lipinski definition) is 0. The minimum atomic E-state index is -0.305. The zero-order chi connectivity index (χ0) is 19.5. The molecular weight excluding hydrogens is 472 g/mol. The van der Waals surface area contributed by atoms with Crippen LogP contribution in [0.2, 0.25) is 6.04 Å². The van der Waals surface area contributed by atoms with Crippen LogP contribution in [0, 0.1) is 0 Å². The van der Waals surface area contributed by atoms with E-state index in [2.05, 4.69) is 38.4 Å². The molecule has 0 heterocycles. The standard InChI is InChI=1S/C21H38Br2O2Si/c1-3-20(24)25-19(2)17-15-13-11-9-7-5-4-6-8-10-12-14-16-18-26-21(22)23/h3,19,21H,1,4-18H2,2H3. The highest BCUT2D eigenvalue weighted by atomic mass is 79.9. The average molecular weight is 510 g/mol. The quantitative estimate of drug-likeness (QED) is 0.0584. The molecule has 5 heteroatoms. The summed E-state index contributed by atoms with van der Waals surface area (Å²) < 4.78 is 5.70. The normalized spacial score (nSPS) is 12.3. The topological polar surface area (TPSA) is 26.3 Å². The number of carbonyl (C=O) groups excluding carboxylic acids is 1. The van der Waals surface area contributed by atoms with Gasteiger partial charge in [0.25, 0.3) is 0 Å². The highest BCUT2D eigenvalue weighted by Crippen LogP contribution is 2.15. The fraction of sp³-hybridized carbons (Fsp3) is 0.857. The third-order valence-electron chi connectivity index (χ3n) is 4.57. The number of hydrogen-bond acceptors (Lipinski definition) is 2.